The summed E-state index contributed by atoms with van der Waals surface area (Å²) in [4.78, 5) is 0. The number of nitrogens with one attached hydrogen (secondary N) is 1. The lowest BCUT2D eigenvalue weighted by Crippen LogP contribution is -2.42. The van der Waals surface area contributed by atoms with Crippen LogP contribution in [-0.4, -0.2) is 25.8 Å². The Morgan fingerprint density at radius 2 is 2.27 bits per heavy atom. The van der Waals surface area contributed by atoms with Gasteiger partial charge in [0.25, 0.3) is 0 Å². The molecule has 1 fully saturated rings. The highest BCUT2D eigenvalue weighted by Gasteiger charge is 2.18. The minimum atomic E-state index is 0.461. The first-order chi connectivity index (χ1) is 5.36. The van der Waals surface area contributed by atoms with E-state index in [0.29, 0.717) is 6.10 Å². The Morgan fingerprint density at radius 1 is 1.45 bits per heavy atom. The van der Waals surface area contributed by atoms with Gasteiger partial charge < -0.3 is 10.1 Å². The summed E-state index contributed by atoms with van der Waals surface area (Å²) in [5.74, 6) is 0. The molecule has 0 radical (unpaired) electrons. The Kier molecular flexibility index (Phi) is 3.87. The Bertz CT molecular complexity index is 97.7. The Morgan fingerprint density at radius 3 is 2.73 bits per heavy atom. The summed E-state index contributed by atoms with van der Waals surface area (Å²) in [6, 6.07) is 0.756. The van der Waals surface area contributed by atoms with Crippen LogP contribution in [0.2, 0.25) is 0 Å². The number of piperidine rings is 1. The fraction of sp³-hybridized carbons (Fsp3) is 1.00. The molecule has 0 aromatic heterocycles. The first-order valence-corrected chi connectivity index (χ1v) is 4.63. The van der Waals surface area contributed by atoms with Crippen molar-refractivity contribution in [2.75, 3.05) is 13.7 Å². The van der Waals surface area contributed by atoms with Crippen molar-refractivity contribution in [2.45, 2.75) is 44.8 Å². The molecule has 0 aromatic carbocycles. The van der Waals surface area contributed by atoms with Crippen LogP contribution in [0.4, 0.5) is 0 Å². The third kappa shape index (κ3) is 2.80. The lowest BCUT2D eigenvalue weighted by molar-refractivity contribution is 0.0695. The largest absolute Gasteiger partial charge is 0.380 e. The first-order valence-electron chi connectivity index (χ1n) is 4.63. The van der Waals surface area contributed by atoms with E-state index in [2.05, 4.69) is 12.2 Å². The van der Waals surface area contributed by atoms with Crippen molar-refractivity contribution in [1.82, 2.24) is 5.32 Å². The van der Waals surface area contributed by atoms with Gasteiger partial charge in [-0.05, 0) is 19.3 Å². The molecule has 66 valence electrons. The van der Waals surface area contributed by atoms with E-state index >= 15 is 0 Å². The third-order valence-corrected chi connectivity index (χ3v) is 2.44. The van der Waals surface area contributed by atoms with Crippen LogP contribution in [0.25, 0.3) is 0 Å². The fourth-order valence-electron chi connectivity index (χ4n) is 1.69. The molecule has 11 heavy (non-hydrogen) atoms. The van der Waals surface area contributed by atoms with Crippen molar-refractivity contribution in [3.05, 3.63) is 0 Å². The molecule has 0 aromatic rings. The molecule has 1 saturated heterocycles. The quantitative estimate of drug-likeness (QED) is 0.671. The predicted molar refractivity (Wildman–Crippen MR) is 46.7 cm³/mol. The van der Waals surface area contributed by atoms with Gasteiger partial charge in [0.2, 0.25) is 0 Å². The fourth-order valence-corrected chi connectivity index (χ4v) is 1.69. The number of rotatable bonds is 3. The number of methoxy groups -OCH3 is 1. The molecule has 1 heterocycles. The van der Waals surface area contributed by atoms with Gasteiger partial charge in [0.05, 0.1) is 6.10 Å². The highest BCUT2D eigenvalue weighted by Crippen LogP contribution is 2.13. The molecule has 0 spiro atoms. The molecule has 2 nitrogen and oxygen atoms in total. The van der Waals surface area contributed by atoms with Crippen molar-refractivity contribution < 1.29 is 4.74 Å². The zero-order valence-electron chi connectivity index (χ0n) is 7.60. The third-order valence-electron chi connectivity index (χ3n) is 2.44. The van der Waals surface area contributed by atoms with Gasteiger partial charge in [-0.2, -0.15) is 0 Å². The van der Waals surface area contributed by atoms with Gasteiger partial charge in [0.1, 0.15) is 0 Å². The maximum Gasteiger partial charge on any atom is 0.0696 e. The molecule has 0 aliphatic carbocycles. The van der Waals surface area contributed by atoms with E-state index in [4.69, 9.17) is 4.74 Å². The molecule has 1 aliphatic rings. The minimum absolute atomic E-state index is 0.461. The van der Waals surface area contributed by atoms with Gasteiger partial charge in [-0.3, -0.25) is 0 Å². The van der Waals surface area contributed by atoms with Crippen LogP contribution in [0.3, 0.4) is 0 Å². The van der Waals surface area contributed by atoms with E-state index in [1.54, 1.807) is 7.11 Å². The molecule has 0 bridgehead atoms. The molecule has 0 amide bonds. The molecule has 0 saturated carbocycles. The molecule has 1 aliphatic heterocycles. The SMILES string of the molecule is CCCC1CCC(OC)CN1. The Hall–Kier alpha value is -0.0800. The summed E-state index contributed by atoms with van der Waals surface area (Å²) in [6.45, 7) is 3.28. The Balaban J connectivity index is 2.14. The molecule has 2 unspecified atom stereocenters. The van der Waals surface area contributed by atoms with E-state index in [-0.39, 0.29) is 0 Å². The minimum Gasteiger partial charge on any atom is -0.380 e. The maximum absolute atomic E-state index is 5.26. The smallest absolute Gasteiger partial charge is 0.0696 e. The summed E-state index contributed by atoms with van der Waals surface area (Å²) in [7, 11) is 1.80. The topological polar surface area (TPSA) is 21.3 Å². The average Bonchev–Trinajstić information content (AvgIpc) is 2.07. The molecular weight excluding hydrogens is 138 g/mol. The van der Waals surface area contributed by atoms with E-state index in [0.717, 1.165) is 12.6 Å². The van der Waals surface area contributed by atoms with E-state index in [1.165, 1.54) is 25.7 Å². The van der Waals surface area contributed by atoms with Gasteiger partial charge >= 0.3 is 0 Å². The van der Waals surface area contributed by atoms with Gasteiger partial charge in [0.15, 0.2) is 0 Å². The van der Waals surface area contributed by atoms with E-state index in [9.17, 15) is 0 Å². The summed E-state index contributed by atoms with van der Waals surface area (Å²) < 4.78 is 5.26. The molecule has 1 N–H and O–H groups in total. The summed E-state index contributed by atoms with van der Waals surface area (Å²) in [5.41, 5.74) is 0. The van der Waals surface area contributed by atoms with Crippen molar-refractivity contribution in [3.63, 3.8) is 0 Å². The van der Waals surface area contributed by atoms with Crippen LogP contribution in [0.15, 0.2) is 0 Å². The van der Waals surface area contributed by atoms with Gasteiger partial charge in [-0.1, -0.05) is 13.3 Å². The van der Waals surface area contributed by atoms with Gasteiger partial charge in [-0.15, -0.1) is 0 Å². The normalized spacial score (nSPS) is 32.2. The Labute approximate surface area is 69.3 Å². The molecule has 2 atom stereocenters. The maximum atomic E-state index is 5.26. The van der Waals surface area contributed by atoms with Crippen molar-refractivity contribution in [3.8, 4) is 0 Å². The van der Waals surface area contributed by atoms with Crippen LogP contribution in [0.1, 0.15) is 32.6 Å². The molecule has 2 heteroatoms. The lowest BCUT2D eigenvalue weighted by Gasteiger charge is -2.28. The van der Waals surface area contributed by atoms with Gasteiger partial charge in [-0.25, -0.2) is 0 Å². The van der Waals surface area contributed by atoms with E-state index in [1.807, 2.05) is 0 Å². The van der Waals surface area contributed by atoms with Crippen LogP contribution in [0, 0.1) is 0 Å². The summed E-state index contributed by atoms with van der Waals surface area (Å²) >= 11 is 0. The zero-order chi connectivity index (χ0) is 8.10. The summed E-state index contributed by atoms with van der Waals surface area (Å²) in [6.07, 6.45) is 5.58. The van der Waals surface area contributed by atoms with Crippen molar-refractivity contribution in [2.24, 2.45) is 0 Å². The zero-order valence-corrected chi connectivity index (χ0v) is 7.60. The molecular formula is C9H19NO. The standard InChI is InChI=1S/C9H19NO/c1-3-4-8-5-6-9(11-2)7-10-8/h8-10H,3-7H2,1-2H3. The second-order valence-electron chi connectivity index (χ2n) is 3.33. The average molecular weight is 157 g/mol. The first kappa shape index (κ1) is 9.01. The van der Waals surface area contributed by atoms with Crippen molar-refractivity contribution >= 4 is 0 Å². The number of hydrogen-bond acceptors (Lipinski definition) is 2. The highest BCUT2D eigenvalue weighted by molar-refractivity contribution is 4.77. The lowest BCUT2D eigenvalue weighted by atomic mass is 9.99. The predicted octanol–water partition coefficient (Wildman–Crippen LogP) is 1.55. The monoisotopic (exact) mass is 157 g/mol. The van der Waals surface area contributed by atoms with Crippen LogP contribution in [0.5, 0.6) is 0 Å². The number of hydrogen-bond donors (Lipinski definition) is 1. The highest BCUT2D eigenvalue weighted by atomic mass is 16.5. The summed E-state index contributed by atoms with van der Waals surface area (Å²) in [5, 5.41) is 3.50. The number of ether oxygens (including phenoxy) is 1. The van der Waals surface area contributed by atoms with E-state index < -0.39 is 0 Å². The molecule has 1 rings (SSSR count). The van der Waals surface area contributed by atoms with Gasteiger partial charge in [0, 0.05) is 19.7 Å². The van der Waals surface area contributed by atoms with Crippen LogP contribution >= 0.6 is 0 Å². The van der Waals surface area contributed by atoms with Crippen molar-refractivity contribution in [1.29, 1.82) is 0 Å². The second kappa shape index (κ2) is 4.73. The second-order valence-corrected chi connectivity index (χ2v) is 3.33. The van der Waals surface area contributed by atoms with Crippen LogP contribution < -0.4 is 5.32 Å². The van der Waals surface area contributed by atoms with Crippen LogP contribution in [-0.2, 0) is 4.74 Å².